The molecule has 1 unspecified atom stereocenters. The average Bonchev–Trinajstić information content (AvgIpc) is 3.32. The smallest absolute Gasteiger partial charge is 0.238 e. The molecule has 4 atom stereocenters. The van der Waals surface area contributed by atoms with E-state index in [2.05, 4.69) is 5.32 Å². The molecule has 3 heterocycles. The molecule has 6 rings (SSSR count). The number of nitrogens with zero attached hydrogens (tertiary/aromatic N) is 1. The number of hydrogen-bond donors (Lipinski definition) is 1. The standard InChI is InChI=1S/C28H20Cl2N2O3/c1-15(33)25-24(26(34)16-6-9-18(29)10-7-16)28(20-4-2-3-5-21(20)31-27(28)35)23-13-8-17-14-19(30)11-12-22(17)32(23)25/h2-14,23-25H,1H3,(H,31,35)/t23?,24-,25-,28+/m0/s1. The normalized spacial score (nSPS) is 25.7. The molecule has 1 fully saturated rings. The summed E-state index contributed by atoms with van der Waals surface area (Å²) in [5.41, 5.74) is 2.09. The lowest BCUT2D eigenvalue weighted by Crippen LogP contribution is -2.51. The van der Waals surface area contributed by atoms with Gasteiger partial charge in [0.15, 0.2) is 11.6 Å². The van der Waals surface area contributed by atoms with Crippen molar-refractivity contribution in [3.63, 3.8) is 0 Å². The number of anilines is 2. The van der Waals surface area contributed by atoms with E-state index in [0.717, 1.165) is 16.8 Å². The van der Waals surface area contributed by atoms with E-state index in [1.807, 2.05) is 53.5 Å². The highest BCUT2D eigenvalue weighted by Gasteiger charge is 2.69. The molecule has 1 saturated heterocycles. The summed E-state index contributed by atoms with van der Waals surface area (Å²) in [6.45, 7) is 1.48. The minimum atomic E-state index is -1.29. The van der Waals surface area contributed by atoms with Crippen molar-refractivity contribution in [1.29, 1.82) is 0 Å². The SMILES string of the molecule is CC(=O)[C@H]1[C@@H](C(=O)c2ccc(Cl)cc2)[C@]2(C(=O)Nc3ccccc32)C2C=Cc3cc(Cl)ccc3N21. The topological polar surface area (TPSA) is 66.5 Å². The van der Waals surface area contributed by atoms with Crippen molar-refractivity contribution >= 4 is 58.1 Å². The number of rotatable bonds is 3. The van der Waals surface area contributed by atoms with Crippen molar-refractivity contribution in [3.05, 3.63) is 99.5 Å². The van der Waals surface area contributed by atoms with Gasteiger partial charge in [-0.15, -0.1) is 0 Å². The third-order valence-corrected chi connectivity index (χ3v) is 7.91. The Labute approximate surface area is 212 Å². The molecule has 0 aromatic heterocycles. The molecular formula is C28H20Cl2N2O3. The fourth-order valence-corrected chi connectivity index (χ4v) is 6.40. The van der Waals surface area contributed by atoms with Crippen molar-refractivity contribution in [1.82, 2.24) is 0 Å². The summed E-state index contributed by atoms with van der Waals surface area (Å²) in [4.78, 5) is 43.5. The first kappa shape index (κ1) is 22.1. The van der Waals surface area contributed by atoms with E-state index >= 15 is 0 Å². The maximum absolute atomic E-state index is 14.3. The number of fused-ring (bicyclic) bond motifs is 6. The van der Waals surface area contributed by atoms with Crippen molar-refractivity contribution < 1.29 is 14.4 Å². The Morgan fingerprint density at radius 1 is 0.971 bits per heavy atom. The predicted octanol–water partition coefficient (Wildman–Crippen LogP) is 5.56. The van der Waals surface area contributed by atoms with E-state index in [1.165, 1.54) is 6.92 Å². The Morgan fingerprint density at radius 2 is 1.69 bits per heavy atom. The molecule has 35 heavy (non-hydrogen) atoms. The van der Waals surface area contributed by atoms with Gasteiger partial charge in [-0.3, -0.25) is 14.4 Å². The first-order chi connectivity index (χ1) is 16.8. The first-order valence-corrected chi connectivity index (χ1v) is 12.1. The monoisotopic (exact) mass is 502 g/mol. The highest BCUT2D eigenvalue weighted by atomic mass is 35.5. The molecule has 3 aromatic rings. The van der Waals surface area contributed by atoms with Crippen LogP contribution in [-0.2, 0) is 15.0 Å². The third kappa shape index (κ3) is 2.98. The summed E-state index contributed by atoms with van der Waals surface area (Å²) in [7, 11) is 0. The summed E-state index contributed by atoms with van der Waals surface area (Å²) in [5.74, 6) is -1.70. The van der Waals surface area contributed by atoms with E-state index in [9.17, 15) is 14.4 Å². The summed E-state index contributed by atoms with van der Waals surface area (Å²) in [6.07, 6.45) is 3.84. The fraction of sp³-hybridized carbons (Fsp3) is 0.179. The number of carbonyl (C=O) groups excluding carboxylic acids is 3. The molecule has 3 aliphatic rings. The largest absolute Gasteiger partial charge is 0.352 e. The number of nitrogens with one attached hydrogen (secondary N) is 1. The van der Waals surface area contributed by atoms with Gasteiger partial charge in [-0.05, 0) is 66.6 Å². The van der Waals surface area contributed by atoms with Gasteiger partial charge in [0.1, 0.15) is 5.41 Å². The highest BCUT2D eigenvalue weighted by molar-refractivity contribution is 6.31. The molecule has 1 spiro atoms. The van der Waals surface area contributed by atoms with Gasteiger partial charge in [0.05, 0.1) is 18.0 Å². The average molecular weight is 503 g/mol. The number of halogens is 2. The van der Waals surface area contributed by atoms with E-state index in [1.54, 1.807) is 30.3 Å². The number of amides is 1. The second-order valence-electron chi connectivity index (χ2n) is 9.19. The molecule has 0 aliphatic carbocycles. The Kier molecular flexibility index (Phi) is 4.92. The zero-order valence-corrected chi connectivity index (χ0v) is 20.2. The van der Waals surface area contributed by atoms with Crippen LogP contribution in [-0.4, -0.2) is 29.6 Å². The second kappa shape index (κ2) is 7.80. The minimum Gasteiger partial charge on any atom is -0.352 e. The number of para-hydroxylation sites is 1. The molecule has 3 aliphatic heterocycles. The predicted molar refractivity (Wildman–Crippen MR) is 137 cm³/mol. The van der Waals surface area contributed by atoms with Gasteiger partial charge in [0, 0.05) is 27.0 Å². The maximum Gasteiger partial charge on any atom is 0.238 e. The molecular weight excluding hydrogens is 483 g/mol. The van der Waals surface area contributed by atoms with Gasteiger partial charge in [-0.2, -0.15) is 0 Å². The number of ketones is 2. The first-order valence-electron chi connectivity index (χ1n) is 11.3. The van der Waals surface area contributed by atoms with Crippen LogP contribution in [0, 0.1) is 5.92 Å². The fourth-order valence-electron chi connectivity index (χ4n) is 6.10. The Balaban J connectivity index is 1.65. The summed E-state index contributed by atoms with van der Waals surface area (Å²) < 4.78 is 0. The molecule has 174 valence electrons. The van der Waals surface area contributed by atoms with Crippen LogP contribution in [0.4, 0.5) is 11.4 Å². The van der Waals surface area contributed by atoms with Gasteiger partial charge in [-0.1, -0.05) is 53.6 Å². The summed E-state index contributed by atoms with van der Waals surface area (Å²) in [6, 6.07) is 18.0. The van der Waals surface area contributed by atoms with E-state index in [4.69, 9.17) is 23.2 Å². The zero-order valence-electron chi connectivity index (χ0n) is 18.7. The highest BCUT2D eigenvalue weighted by Crippen LogP contribution is 2.57. The molecule has 1 amide bonds. The lowest BCUT2D eigenvalue weighted by atomic mass is 9.64. The molecule has 5 nitrogen and oxygen atoms in total. The van der Waals surface area contributed by atoms with Crippen LogP contribution >= 0.6 is 23.2 Å². The lowest BCUT2D eigenvalue weighted by Gasteiger charge is -2.37. The Hall–Kier alpha value is -3.41. The van der Waals surface area contributed by atoms with Gasteiger partial charge >= 0.3 is 0 Å². The van der Waals surface area contributed by atoms with Gasteiger partial charge in [0.2, 0.25) is 5.91 Å². The van der Waals surface area contributed by atoms with Gasteiger partial charge in [0.25, 0.3) is 0 Å². The molecule has 3 aromatic carbocycles. The van der Waals surface area contributed by atoms with Crippen LogP contribution in [0.1, 0.15) is 28.4 Å². The molecule has 7 heteroatoms. The van der Waals surface area contributed by atoms with Gasteiger partial charge in [-0.25, -0.2) is 0 Å². The van der Waals surface area contributed by atoms with E-state index in [0.29, 0.717) is 21.3 Å². The van der Waals surface area contributed by atoms with Crippen LogP contribution in [0.2, 0.25) is 10.0 Å². The van der Waals surface area contributed by atoms with Gasteiger partial charge < -0.3 is 10.2 Å². The van der Waals surface area contributed by atoms with Crippen molar-refractivity contribution in [2.75, 3.05) is 10.2 Å². The summed E-state index contributed by atoms with van der Waals surface area (Å²) in [5, 5.41) is 4.06. The number of carbonyl (C=O) groups is 3. The van der Waals surface area contributed by atoms with Crippen LogP contribution < -0.4 is 10.2 Å². The second-order valence-corrected chi connectivity index (χ2v) is 10.1. The van der Waals surface area contributed by atoms with Crippen molar-refractivity contribution in [2.24, 2.45) is 5.92 Å². The number of Topliss-reactive ketones (excluding diaryl/α,β-unsaturated/α-hetero) is 2. The van der Waals surface area contributed by atoms with E-state index in [-0.39, 0.29) is 17.5 Å². The Bertz CT molecular complexity index is 1450. The number of hydrogen-bond acceptors (Lipinski definition) is 4. The van der Waals surface area contributed by atoms with Crippen LogP contribution in [0.25, 0.3) is 6.08 Å². The quantitative estimate of drug-likeness (QED) is 0.476. The third-order valence-electron chi connectivity index (χ3n) is 7.42. The molecule has 0 bridgehead atoms. The van der Waals surface area contributed by atoms with Crippen molar-refractivity contribution in [3.8, 4) is 0 Å². The van der Waals surface area contributed by atoms with E-state index < -0.39 is 23.4 Å². The number of benzene rings is 3. The molecule has 0 radical (unpaired) electrons. The minimum absolute atomic E-state index is 0.187. The maximum atomic E-state index is 14.3. The van der Waals surface area contributed by atoms with Crippen LogP contribution in [0.5, 0.6) is 0 Å². The molecule has 0 saturated carbocycles. The van der Waals surface area contributed by atoms with Crippen LogP contribution in [0.15, 0.2) is 72.8 Å². The molecule has 1 N–H and O–H groups in total. The summed E-state index contributed by atoms with van der Waals surface area (Å²) >= 11 is 12.3. The zero-order chi connectivity index (χ0) is 24.5. The van der Waals surface area contributed by atoms with Crippen LogP contribution in [0.3, 0.4) is 0 Å². The van der Waals surface area contributed by atoms with Crippen molar-refractivity contribution in [2.45, 2.75) is 24.4 Å². The Morgan fingerprint density at radius 3 is 2.43 bits per heavy atom. The lowest BCUT2D eigenvalue weighted by molar-refractivity contribution is -0.122.